The fraction of sp³-hybridized carbons (Fsp3) is 0.188. The Bertz CT molecular complexity index is 731. The lowest BCUT2D eigenvalue weighted by Crippen LogP contribution is -2.20. The topological polar surface area (TPSA) is 107 Å². The van der Waals surface area contributed by atoms with Crippen LogP contribution in [0.4, 0.5) is 11.4 Å². The minimum atomic E-state index is -0.552. The summed E-state index contributed by atoms with van der Waals surface area (Å²) in [5.41, 5.74) is 7.20. The van der Waals surface area contributed by atoms with Crippen LogP contribution in [0.25, 0.3) is 0 Å². The Balaban J connectivity index is 2.08. The number of amides is 1. The molecule has 7 nitrogen and oxygen atoms in total. The molecule has 0 aromatic heterocycles. The van der Waals surface area contributed by atoms with E-state index in [1.165, 1.54) is 6.07 Å². The van der Waals surface area contributed by atoms with Crippen molar-refractivity contribution in [1.82, 2.24) is 0 Å². The van der Waals surface area contributed by atoms with Crippen LogP contribution < -0.4 is 15.8 Å². The number of hydrogen-bond donors (Lipinski definition) is 2. The molecule has 0 heterocycles. The van der Waals surface area contributed by atoms with Crippen molar-refractivity contribution in [1.29, 1.82) is 0 Å². The lowest BCUT2D eigenvalue weighted by Gasteiger charge is -2.09. The van der Waals surface area contributed by atoms with Gasteiger partial charge in [-0.05, 0) is 36.2 Å². The number of carbonyl (C=O) groups excluding carboxylic acids is 1. The number of nitro benzene ring substituents is 1. The van der Waals surface area contributed by atoms with Gasteiger partial charge >= 0.3 is 0 Å². The molecule has 0 unspecified atom stereocenters. The van der Waals surface area contributed by atoms with E-state index in [9.17, 15) is 14.9 Å². The third kappa shape index (κ3) is 4.70. The summed E-state index contributed by atoms with van der Waals surface area (Å²) in [4.78, 5) is 21.4. The Morgan fingerprint density at radius 3 is 2.78 bits per heavy atom. The fourth-order valence-corrected chi connectivity index (χ4v) is 2.04. The summed E-state index contributed by atoms with van der Waals surface area (Å²) in [7, 11) is 0. The van der Waals surface area contributed by atoms with Crippen LogP contribution in [-0.4, -0.2) is 17.4 Å². The van der Waals surface area contributed by atoms with E-state index in [1.54, 1.807) is 31.2 Å². The fourth-order valence-electron chi connectivity index (χ4n) is 2.04. The monoisotopic (exact) mass is 315 g/mol. The Morgan fingerprint density at radius 2 is 2.09 bits per heavy atom. The maximum Gasteiger partial charge on any atom is 0.292 e. The van der Waals surface area contributed by atoms with Crippen LogP contribution in [0.3, 0.4) is 0 Å². The quantitative estimate of drug-likeness (QED) is 0.602. The van der Waals surface area contributed by atoms with Crippen molar-refractivity contribution in [2.24, 2.45) is 5.73 Å². The van der Waals surface area contributed by atoms with Gasteiger partial charge in [-0.3, -0.25) is 14.9 Å². The Morgan fingerprint density at radius 1 is 1.30 bits per heavy atom. The molecule has 0 saturated carbocycles. The van der Waals surface area contributed by atoms with E-state index in [-0.39, 0.29) is 12.3 Å². The van der Waals surface area contributed by atoms with Crippen molar-refractivity contribution < 1.29 is 14.5 Å². The predicted molar refractivity (Wildman–Crippen MR) is 86.3 cm³/mol. The summed E-state index contributed by atoms with van der Waals surface area (Å²) in [6.45, 7) is 1.99. The van der Waals surface area contributed by atoms with E-state index in [0.717, 1.165) is 11.1 Å². The van der Waals surface area contributed by atoms with E-state index in [4.69, 9.17) is 10.5 Å². The van der Waals surface area contributed by atoms with E-state index in [1.807, 2.05) is 12.1 Å². The average molecular weight is 315 g/mol. The number of anilines is 1. The lowest BCUT2D eigenvalue weighted by molar-refractivity contribution is -0.384. The van der Waals surface area contributed by atoms with Crippen LogP contribution in [0.15, 0.2) is 42.5 Å². The van der Waals surface area contributed by atoms with Gasteiger partial charge < -0.3 is 15.8 Å². The first-order valence-electron chi connectivity index (χ1n) is 6.94. The minimum absolute atomic E-state index is 0.0335. The molecule has 2 aromatic carbocycles. The van der Waals surface area contributed by atoms with Gasteiger partial charge in [0.1, 0.15) is 11.4 Å². The van der Waals surface area contributed by atoms with E-state index in [2.05, 4.69) is 5.32 Å². The third-order valence-corrected chi connectivity index (χ3v) is 3.11. The van der Waals surface area contributed by atoms with Crippen molar-refractivity contribution in [2.45, 2.75) is 13.5 Å². The number of rotatable bonds is 7. The second kappa shape index (κ2) is 7.26. The molecule has 120 valence electrons. The van der Waals surface area contributed by atoms with Gasteiger partial charge in [0.25, 0.3) is 11.6 Å². The van der Waals surface area contributed by atoms with Crippen molar-refractivity contribution in [2.75, 3.05) is 11.9 Å². The normalized spacial score (nSPS) is 10.1. The first kappa shape index (κ1) is 16.3. The van der Waals surface area contributed by atoms with Gasteiger partial charge in [0, 0.05) is 12.6 Å². The number of nitrogens with one attached hydrogen (secondary N) is 1. The molecule has 1 amide bonds. The zero-order valence-electron chi connectivity index (χ0n) is 12.6. The summed E-state index contributed by atoms with van der Waals surface area (Å²) in [5, 5.41) is 14.1. The summed E-state index contributed by atoms with van der Waals surface area (Å²) < 4.78 is 5.23. The number of nitro groups is 1. The molecule has 3 N–H and O–H groups in total. The van der Waals surface area contributed by atoms with Crippen LogP contribution in [0, 0.1) is 17.0 Å². The molecule has 0 radical (unpaired) electrons. The van der Waals surface area contributed by atoms with Crippen LogP contribution >= 0.6 is 0 Å². The predicted octanol–water partition coefficient (Wildman–Crippen LogP) is 2.38. The highest BCUT2D eigenvalue weighted by Crippen LogP contribution is 2.26. The summed E-state index contributed by atoms with van der Waals surface area (Å²) in [5.74, 6) is -0.0367. The summed E-state index contributed by atoms with van der Waals surface area (Å²) in [6.07, 6.45) is 0. The molecule has 7 heteroatoms. The third-order valence-electron chi connectivity index (χ3n) is 3.11. The molecule has 0 bridgehead atoms. The molecule has 0 aliphatic rings. The second-order valence-electron chi connectivity index (χ2n) is 5.03. The highest BCUT2D eigenvalue weighted by Gasteiger charge is 2.13. The van der Waals surface area contributed by atoms with Crippen LogP contribution in [0.1, 0.15) is 11.1 Å². The lowest BCUT2D eigenvalue weighted by atomic mass is 10.1. The maximum absolute atomic E-state index is 11.1. The van der Waals surface area contributed by atoms with E-state index in [0.29, 0.717) is 18.0 Å². The standard InChI is InChI=1S/C16H17N3O4/c1-11-5-6-14(15(7-11)19(21)22)18-9-12-3-2-4-13(8-12)23-10-16(17)20/h2-8,18H,9-10H2,1H3,(H2,17,20). The minimum Gasteiger partial charge on any atom is -0.484 e. The molecule has 2 aromatic rings. The molecule has 2 rings (SSSR count). The zero-order chi connectivity index (χ0) is 16.8. The van der Waals surface area contributed by atoms with Crippen molar-refractivity contribution >= 4 is 17.3 Å². The van der Waals surface area contributed by atoms with Gasteiger partial charge in [0.2, 0.25) is 0 Å². The van der Waals surface area contributed by atoms with Crippen molar-refractivity contribution in [3.05, 3.63) is 63.7 Å². The SMILES string of the molecule is Cc1ccc(NCc2cccc(OCC(N)=O)c2)c([N+](=O)[O-])c1. The van der Waals surface area contributed by atoms with Crippen LogP contribution in [0.2, 0.25) is 0 Å². The highest BCUT2D eigenvalue weighted by atomic mass is 16.6. The van der Waals surface area contributed by atoms with Crippen molar-refractivity contribution in [3.63, 3.8) is 0 Å². The number of aryl methyl sites for hydroxylation is 1. The van der Waals surface area contributed by atoms with Gasteiger partial charge in [-0.15, -0.1) is 0 Å². The van der Waals surface area contributed by atoms with Gasteiger partial charge in [0.15, 0.2) is 6.61 Å². The molecular formula is C16H17N3O4. The maximum atomic E-state index is 11.1. The zero-order valence-corrected chi connectivity index (χ0v) is 12.6. The molecule has 0 aliphatic heterocycles. The molecule has 0 spiro atoms. The van der Waals surface area contributed by atoms with Gasteiger partial charge in [-0.2, -0.15) is 0 Å². The van der Waals surface area contributed by atoms with Gasteiger partial charge in [-0.25, -0.2) is 0 Å². The number of benzene rings is 2. The molecule has 0 fully saturated rings. The van der Waals surface area contributed by atoms with Gasteiger partial charge in [0.05, 0.1) is 4.92 Å². The summed E-state index contributed by atoms with van der Waals surface area (Å²) >= 11 is 0. The van der Waals surface area contributed by atoms with Gasteiger partial charge in [-0.1, -0.05) is 18.2 Å². The number of primary amides is 1. The number of nitrogens with zero attached hydrogens (tertiary/aromatic N) is 1. The van der Waals surface area contributed by atoms with Crippen molar-refractivity contribution in [3.8, 4) is 5.75 Å². The molecule has 23 heavy (non-hydrogen) atoms. The molecule has 0 atom stereocenters. The largest absolute Gasteiger partial charge is 0.484 e. The number of nitrogens with two attached hydrogens (primary N) is 1. The first-order chi connectivity index (χ1) is 11.0. The molecular weight excluding hydrogens is 298 g/mol. The molecule has 0 aliphatic carbocycles. The van der Waals surface area contributed by atoms with E-state index >= 15 is 0 Å². The summed E-state index contributed by atoms with van der Waals surface area (Å²) in [6, 6.07) is 12.1. The number of ether oxygens (including phenoxy) is 1. The first-order valence-corrected chi connectivity index (χ1v) is 6.94. The average Bonchev–Trinajstić information content (AvgIpc) is 2.52. The Hall–Kier alpha value is -3.09. The van der Waals surface area contributed by atoms with E-state index < -0.39 is 10.8 Å². The van der Waals surface area contributed by atoms with Crippen LogP contribution in [-0.2, 0) is 11.3 Å². The highest BCUT2D eigenvalue weighted by molar-refractivity contribution is 5.75. The Kier molecular flexibility index (Phi) is 5.14. The molecule has 0 saturated heterocycles. The number of hydrogen-bond acceptors (Lipinski definition) is 5. The number of carbonyl (C=O) groups is 1. The second-order valence-corrected chi connectivity index (χ2v) is 5.03. The smallest absolute Gasteiger partial charge is 0.292 e. The Labute approximate surface area is 133 Å². The van der Waals surface area contributed by atoms with Crippen LogP contribution in [0.5, 0.6) is 5.75 Å².